The lowest BCUT2D eigenvalue weighted by atomic mass is 9.95. The van der Waals surface area contributed by atoms with E-state index in [9.17, 15) is 9.59 Å². The molecule has 2 amide bonds. The zero-order valence-electron chi connectivity index (χ0n) is 17.3. The van der Waals surface area contributed by atoms with Crippen molar-refractivity contribution in [2.45, 2.75) is 32.2 Å². The smallest absolute Gasteiger partial charge is 0.261 e. The summed E-state index contributed by atoms with van der Waals surface area (Å²) in [5, 5.41) is 3.59. The average Bonchev–Trinajstić information content (AvgIpc) is 2.71. The van der Waals surface area contributed by atoms with Crippen molar-refractivity contribution in [3.63, 3.8) is 0 Å². The summed E-state index contributed by atoms with van der Waals surface area (Å²) in [5.41, 5.74) is 0.426. The predicted molar refractivity (Wildman–Crippen MR) is 125 cm³/mol. The molecule has 164 valence electrons. The van der Waals surface area contributed by atoms with Crippen molar-refractivity contribution in [3.05, 3.63) is 69.9 Å². The molecule has 0 saturated heterocycles. The van der Waals surface area contributed by atoms with Crippen molar-refractivity contribution in [2.75, 3.05) is 17.9 Å². The Bertz CT molecular complexity index is 986. The molecule has 1 N–H and O–H groups in total. The summed E-state index contributed by atoms with van der Waals surface area (Å²) in [6, 6.07) is 14.0. The van der Waals surface area contributed by atoms with Gasteiger partial charge in [0.25, 0.3) is 5.91 Å². The van der Waals surface area contributed by atoms with Gasteiger partial charge >= 0.3 is 0 Å². The molecule has 0 bridgehead atoms. The number of amides is 2. The lowest BCUT2D eigenvalue weighted by Crippen LogP contribution is -2.57. The molecular weight excluding hydrogens is 459 g/mol. The van der Waals surface area contributed by atoms with Gasteiger partial charge in [-0.25, -0.2) is 0 Å². The molecule has 31 heavy (non-hydrogen) atoms. The highest BCUT2D eigenvalue weighted by molar-refractivity contribution is 6.35. The van der Waals surface area contributed by atoms with Crippen LogP contribution in [0.4, 0.5) is 5.69 Å². The first-order valence-electron chi connectivity index (χ1n) is 9.81. The molecule has 0 atom stereocenters. The van der Waals surface area contributed by atoms with E-state index in [1.165, 1.54) is 4.90 Å². The minimum Gasteiger partial charge on any atom is -0.476 e. The highest BCUT2D eigenvalue weighted by Gasteiger charge is 2.42. The third-order valence-corrected chi connectivity index (χ3v) is 5.76. The second-order valence-electron chi connectivity index (χ2n) is 7.63. The van der Waals surface area contributed by atoms with E-state index in [1.54, 1.807) is 32.0 Å². The van der Waals surface area contributed by atoms with Gasteiger partial charge in [0.2, 0.25) is 5.91 Å². The molecule has 0 saturated carbocycles. The molecule has 1 heterocycles. The van der Waals surface area contributed by atoms with Gasteiger partial charge in [-0.15, -0.1) is 11.6 Å². The minimum absolute atomic E-state index is 0.0382. The molecule has 1 aliphatic rings. The normalized spacial score (nSPS) is 14.5. The van der Waals surface area contributed by atoms with E-state index in [4.69, 9.17) is 39.5 Å². The van der Waals surface area contributed by atoms with E-state index in [0.717, 1.165) is 5.56 Å². The van der Waals surface area contributed by atoms with Gasteiger partial charge in [0.1, 0.15) is 11.3 Å². The number of allylic oxidation sites excluding steroid dienone is 1. The third kappa shape index (κ3) is 5.35. The van der Waals surface area contributed by atoms with E-state index in [-0.39, 0.29) is 18.5 Å². The number of halogens is 3. The van der Waals surface area contributed by atoms with E-state index < -0.39 is 5.54 Å². The van der Waals surface area contributed by atoms with Crippen LogP contribution in [0.25, 0.3) is 5.57 Å². The van der Waals surface area contributed by atoms with Crippen LogP contribution < -0.4 is 5.32 Å². The van der Waals surface area contributed by atoms with Crippen LogP contribution in [-0.4, -0.2) is 34.9 Å². The number of hydrogen-bond acceptors (Lipinski definition) is 3. The number of carbonyl (C=O) groups is 2. The van der Waals surface area contributed by atoms with Crippen molar-refractivity contribution in [1.82, 2.24) is 4.90 Å². The molecule has 5 nitrogen and oxygen atoms in total. The van der Waals surface area contributed by atoms with Gasteiger partial charge in [0.05, 0.1) is 5.57 Å². The summed E-state index contributed by atoms with van der Waals surface area (Å²) < 4.78 is 5.96. The Labute approximate surface area is 196 Å². The van der Waals surface area contributed by atoms with Gasteiger partial charge in [-0.05, 0) is 44.0 Å². The summed E-state index contributed by atoms with van der Waals surface area (Å²) in [5.74, 6) is 0.389. The lowest BCUT2D eigenvalue weighted by Gasteiger charge is -2.40. The van der Waals surface area contributed by atoms with Crippen LogP contribution in [0.15, 0.2) is 54.3 Å². The summed E-state index contributed by atoms with van der Waals surface area (Å²) in [6.07, 6.45) is 1.22. The Hall–Kier alpha value is -2.21. The Morgan fingerprint density at radius 3 is 2.39 bits per heavy atom. The van der Waals surface area contributed by atoms with Gasteiger partial charge in [-0.3, -0.25) is 14.5 Å². The van der Waals surface area contributed by atoms with E-state index >= 15 is 0 Å². The first kappa shape index (κ1) is 23.5. The van der Waals surface area contributed by atoms with Crippen LogP contribution in [0.5, 0.6) is 0 Å². The number of hydrogen-bond donors (Lipinski definition) is 1. The maximum Gasteiger partial charge on any atom is 0.261 e. The van der Waals surface area contributed by atoms with E-state index in [1.807, 2.05) is 30.3 Å². The number of anilines is 1. The topological polar surface area (TPSA) is 58.6 Å². The van der Waals surface area contributed by atoms with Crippen LogP contribution in [0.3, 0.4) is 0 Å². The number of rotatable bonds is 7. The zero-order valence-corrected chi connectivity index (χ0v) is 19.5. The fourth-order valence-electron chi connectivity index (χ4n) is 3.29. The first-order valence-corrected chi connectivity index (χ1v) is 11.1. The molecule has 0 fully saturated rings. The Morgan fingerprint density at radius 2 is 1.77 bits per heavy atom. The quantitative estimate of drug-likeness (QED) is 0.497. The number of carbonyl (C=O) groups excluding carboxylic acids is 2. The Morgan fingerprint density at radius 1 is 1.13 bits per heavy atom. The van der Waals surface area contributed by atoms with E-state index in [2.05, 4.69) is 5.32 Å². The van der Waals surface area contributed by atoms with E-state index in [0.29, 0.717) is 45.8 Å². The summed E-state index contributed by atoms with van der Waals surface area (Å²) in [7, 11) is 0. The van der Waals surface area contributed by atoms with Crippen LogP contribution in [0, 0.1) is 0 Å². The Kier molecular flexibility index (Phi) is 7.52. The molecule has 0 aromatic heterocycles. The fourth-order valence-corrected chi connectivity index (χ4v) is 3.95. The second kappa shape index (κ2) is 9.94. The monoisotopic (exact) mass is 480 g/mol. The SMILES string of the molecule is CC(C)(C(=O)Nc1cc(Cl)cc(Cl)c1)N1COC(CCCCl)=C(c2ccccc2)C1=O. The summed E-state index contributed by atoms with van der Waals surface area (Å²) in [4.78, 5) is 28.1. The molecule has 3 rings (SSSR count). The molecule has 2 aromatic rings. The van der Waals surface area contributed by atoms with Gasteiger partial charge in [0, 0.05) is 28.0 Å². The second-order valence-corrected chi connectivity index (χ2v) is 8.89. The van der Waals surface area contributed by atoms with Crippen molar-refractivity contribution in [2.24, 2.45) is 0 Å². The maximum absolute atomic E-state index is 13.5. The maximum atomic E-state index is 13.5. The Balaban J connectivity index is 1.90. The number of alkyl halides is 1. The largest absolute Gasteiger partial charge is 0.476 e. The van der Waals surface area contributed by atoms with Gasteiger partial charge in [-0.1, -0.05) is 53.5 Å². The average molecular weight is 482 g/mol. The van der Waals surface area contributed by atoms with Gasteiger partial charge in [0.15, 0.2) is 6.73 Å². The standard InChI is InChI=1S/C23H23Cl3N2O3/c1-23(2,22(30)27-18-12-16(25)11-17(26)13-18)28-14-31-19(9-6-10-24)20(21(28)29)15-7-4-3-5-8-15/h3-5,7-8,11-13H,6,9-10,14H2,1-2H3,(H,27,30). The summed E-state index contributed by atoms with van der Waals surface area (Å²) in [6.45, 7) is 3.30. The van der Waals surface area contributed by atoms with Gasteiger partial charge < -0.3 is 10.1 Å². The summed E-state index contributed by atoms with van der Waals surface area (Å²) >= 11 is 17.9. The number of benzene rings is 2. The van der Waals surface area contributed by atoms with Crippen LogP contribution in [0.1, 0.15) is 32.3 Å². The van der Waals surface area contributed by atoms with Gasteiger partial charge in [-0.2, -0.15) is 0 Å². The molecule has 8 heteroatoms. The molecule has 0 radical (unpaired) electrons. The number of nitrogens with zero attached hydrogens (tertiary/aromatic N) is 1. The predicted octanol–water partition coefficient (Wildman–Crippen LogP) is 5.96. The van der Waals surface area contributed by atoms with Crippen LogP contribution in [0.2, 0.25) is 10.0 Å². The number of ether oxygens (including phenoxy) is 1. The van der Waals surface area contributed by atoms with Crippen LogP contribution in [-0.2, 0) is 14.3 Å². The fraction of sp³-hybridized carbons (Fsp3) is 0.304. The van der Waals surface area contributed by atoms with Crippen LogP contribution >= 0.6 is 34.8 Å². The highest BCUT2D eigenvalue weighted by atomic mass is 35.5. The van der Waals surface area contributed by atoms with Crippen molar-refractivity contribution in [3.8, 4) is 0 Å². The molecular formula is C23H23Cl3N2O3. The zero-order chi connectivity index (χ0) is 22.6. The molecule has 0 spiro atoms. The molecule has 1 aliphatic heterocycles. The third-order valence-electron chi connectivity index (χ3n) is 5.06. The minimum atomic E-state index is -1.20. The van der Waals surface area contributed by atoms with Crippen molar-refractivity contribution in [1.29, 1.82) is 0 Å². The molecule has 0 unspecified atom stereocenters. The van der Waals surface area contributed by atoms with Crippen molar-refractivity contribution >= 4 is 57.9 Å². The molecule has 0 aliphatic carbocycles. The highest BCUT2D eigenvalue weighted by Crippen LogP contribution is 2.33. The van der Waals surface area contributed by atoms with Crippen molar-refractivity contribution < 1.29 is 14.3 Å². The number of nitrogens with one attached hydrogen (secondary N) is 1. The molecule has 2 aromatic carbocycles. The first-order chi connectivity index (χ1) is 14.7. The lowest BCUT2D eigenvalue weighted by molar-refractivity contribution is -0.147.